The maximum Gasteiger partial charge on any atom is 0.269 e. The zero-order chi connectivity index (χ0) is 23.5. The van der Waals surface area contributed by atoms with E-state index in [-0.39, 0.29) is 5.91 Å². The predicted molar refractivity (Wildman–Crippen MR) is 126 cm³/mol. The molecule has 10 heteroatoms. The van der Waals surface area contributed by atoms with Gasteiger partial charge in [-0.2, -0.15) is 10.2 Å². The van der Waals surface area contributed by atoms with E-state index in [1.165, 1.54) is 11.3 Å². The molecule has 1 amide bonds. The summed E-state index contributed by atoms with van der Waals surface area (Å²) in [4.78, 5) is 17.4. The Morgan fingerprint density at radius 2 is 1.94 bits per heavy atom. The van der Waals surface area contributed by atoms with Crippen LogP contribution in [0.5, 0.6) is 11.5 Å². The second-order valence-electron chi connectivity index (χ2n) is 7.57. The van der Waals surface area contributed by atoms with E-state index in [4.69, 9.17) is 9.47 Å². The first kappa shape index (κ1) is 22.5. The molecule has 4 aromatic rings. The van der Waals surface area contributed by atoms with E-state index >= 15 is 0 Å². The number of aryl methyl sites for hydroxylation is 3. The Labute approximate surface area is 196 Å². The maximum absolute atomic E-state index is 12.8. The molecule has 3 heterocycles. The van der Waals surface area contributed by atoms with Crippen molar-refractivity contribution in [3.8, 4) is 27.9 Å². The second kappa shape index (κ2) is 9.45. The summed E-state index contributed by atoms with van der Waals surface area (Å²) in [5, 5.41) is 14.7. The zero-order valence-corrected chi connectivity index (χ0v) is 20.1. The Morgan fingerprint density at radius 1 is 1.12 bits per heavy atom. The van der Waals surface area contributed by atoms with E-state index < -0.39 is 0 Å². The van der Waals surface area contributed by atoms with Crippen LogP contribution in [-0.4, -0.2) is 51.2 Å². The molecule has 0 saturated carbocycles. The molecule has 0 saturated heterocycles. The topological polar surface area (TPSA) is 96.1 Å². The second-order valence-corrected chi connectivity index (χ2v) is 8.41. The minimum Gasteiger partial charge on any atom is -0.497 e. The number of ether oxygens (including phenoxy) is 2. The number of benzene rings is 1. The van der Waals surface area contributed by atoms with Crippen molar-refractivity contribution in [2.75, 3.05) is 20.8 Å². The Hall–Kier alpha value is -3.66. The summed E-state index contributed by atoms with van der Waals surface area (Å²) in [5.41, 5.74) is 4.75. The lowest BCUT2D eigenvalue weighted by Crippen LogP contribution is -2.27. The van der Waals surface area contributed by atoms with E-state index in [2.05, 4.69) is 20.5 Å². The van der Waals surface area contributed by atoms with E-state index in [0.29, 0.717) is 35.9 Å². The summed E-state index contributed by atoms with van der Waals surface area (Å²) in [6.45, 7) is 4.43. The van der Waals surface area contributed by atoms with E-state index in [0.717, 1.165) is 27.8 Å². The molecule has 4 rings (SSSR count). The lowest BCUT2D eigenvalue weighted by Gasteiger charge is -2.08. The molecule has 0 bridgehead atoms. The molecule has 172 valence electrons. The largest absolute Gasteiger partial charge is 0.497 e. The molecular formula is C23H26N6O3S. The minimum absolute atomic E-state index is 0.202. The molecule has 0 atom stereocenters. The monoisotopic (exact) mass is 466 g/mol. The number of nitrogens with zero attached hydrogens (tertiary/aromatic N) is 5. The molecule has 9 nitrogen and oxygen atoms in total. The highest BCUT2D eigenvalue weighted by Gasteiger charge is 2.17. The Morgan fingerprint density at radius 3 is 2.64 bits per heavy atom. The highest BCUT2D eigenvalue weighted by Crippen LogP contribution is 2.32. The van der Waals surface area contributed by atoms with Gasteiger partial charge in [0.2, 0.25) is 5.13 Å². The summed E-state index contributed by atoms with van der Waals surface area (Å²) >= 11 is 1.54. The predicted octanol–water partition coefficient (Wildman–Crippen LogP) is 3.34. The quantitative estimate of drug-likeness (QED) is 0.428. The van der Waals surface area contributed by atoms with E-state index in [1.807, 2.05) is 48.2 Å². The third kappa shape index (κ3) is 4.75. The van der Waals surface area contributed by atoms with Gasteiger partial charge in [-0.05, 0) is 44.2 Å². The number of methoxy groups -OCH3 is 2. The molecule has 0 unspecified atom stereocenters. The summed E-state index contributed by atoms with van der Waals surface area (Å²) < 4.78 is 14.2. The average molecular weight is 467 g/mol. The number of amides is 1. The van der Waals surface area contributed by atoms with Gasteiger partial charge >= 0.3 is 0 Å². The highest BCUT2D eigenvalue weighted by molar-refractivity contribution is 7.12. The van der Waals surface area contributed by atoms with Gasteiger partial charge in [0.15, 0.2) is 0 Å². The van der Waals surface area contributed by atoms with Gasteiger partial charge in [-0.1, -0.05) is 0 Å². The van der Waals surface area contributed by atoms with Crippen molar-refractivity contribution >= 4 is 17.2 Å². The van der Waals surface area contributed by atoms with Gasteiger partial charge in [0.05, 0.1) is 31.3 Å². The standard InChI is InChI=1S/C23H26N6O3S/c1-14-10-15(2)29(26-14)23-25-16(13-33-23)8-9-24-22(30)20-12-19(27-28(20)3)18-11-17(31-4)6-7-21(18)32-5/h6-7,10-13H,8-9H2,1-5H3,(H,24,30). The first-order valence-corrected chi connectivity index (χ1v) is 11.3. The van der Waals surface area contributed by atoms with E-state index in [9.17, 15) is 4.79 Å². The molecule has 0 aliphatic rings. The third-order valence-electron chi connectivity index (χ3n) is 5.19. The van der Waals surface area contributed by atoms with Crippen molar-refractivity contribution in [3.63, 3.8) is 0 Å². The average Bonchev–Trinajstić information content (AvgIpc) is 3.51. The van der Waals surface area contributed by atoms with Crippen molar-refractivity contribution in [2.24, 2.45) is 7.05 Å². The zero-order valence-electron chi connectivity index (χ0n) is 19.2. The fourth-order valence-corrected chi connectivity index (χ4v) is 4.42. The van der Waals surface area contributed by atoms with Gasteiger partial charge in [-0.15, -0.1) is 11.3 Å². The number of nitrogens with one attached hydrogen (secondary N) is 1. The Bertz CT molecular complexity index is 1290. The van der Waals surface area contributed by atoms with Crippen LogP contribution in [0.4, 0.5) is 0 Å². The molecule has 1 N–H and O–H groups in total. The van der Waals surface area contributed by atoms with Crippen LogP contribution in [0.2, 0.25) is 0 Å². The van der Waals surface area contributed by atoms with Crippen molar-refractivity contribution in [3.05, 3.63) is 58.5 Å². The lowest BCUT2D eigenvalue weighted by molar-refractivity contribution is 0.0944. The number of hydrogen-bond acceptors (Lipinski definition) is 7. The molecule has 0 spiro atoms. The molecule has 0 aliphatic carbocycles. The molecule has 0 fully saturated rings. The minimum atomic E-state index is -0.202. The van der Waals surface area contributed by atoms with E-state index in [1.54, 1.807) is 32.0 Å². The number of carbonyl (C=O) groups is 1. The summed E-state index contributed by atoms with van der Waals surface area (Å²) in [5.74, 6) is 1.14. The summed E-state index contributed by atoms with van der Waals surface area (Å²) in [6.07, 6.45) is 0.621. The van der Waals surface area contributed by atoms with Crippen molar-refractivity contribution in [1.29, 1.82) is 0 Å². The smallest absolute Gasteiger partial charge is 0.269 e. The van der Waals surface area contributed by atoms with Crippen LogP contribution in [0.15, 0.2) is 35.7 Å². The van der Waals surface area contributed by atoms with Crippen LogP contribution in [0.25, 0.3) is 16.4 Å². The van der Waals surface area contributed by atoms with Gasteiger partial charge in [0.25, 0.3) is 5.91 Å². The van der Waals surface area contributed by atoms with Crippen LogP contribution in [0.3, 0.4) is 0 Å². The number of carbonyl (C=O) groups excluding carboxylic acids is 1. The van der Waals surface area contributed by atoms with Crippen molar-refractivity contribution in [2.45, 2.75) is 20.3 Å². The number of rotatable bonds is 8. The maximum atomic E-state index is 12.8. The molecule has 3 aromatic heterocycles. The molecule has 0 aliphatic heterocycles. The van der Waals surface area contributed by atoms with Crippen molar-refractivity contribution < 1.29 is 14.3 Å². The van der Waals surface area contributed by atoms with Gasteiger partial charge in [-0.25, -0.2) is 9.67 Å². The first-order chi connectivity index (χ1) is 15.9. The van der Waals surface area contributed by atoms with Gasteiger partial charge in [0, 0.05) is 36.7 Å². The fraction of sp³-hybridized carbons (Fsp3) is 0.304. The first-order valence-electron chi connectivity index (χ1n) is 10.4. The van der Waals surface area contributed by atoms with Crippen LogP contribution in [0.1, 0.15) is 27.6 Å². The normalized spacial score (nSPS) is 10.9. The Kier molecular flexibility index (Phi) is 6.45. The van der Waals surface area contributed by atoms with Crippen LogP contribution in [0, 0.1) is 13.8 Å². The van der Waals surface area contributed by atoms with Gasteiger partial charge in [-0.3, -0.25) is 9.48 Å². The number of hydrogen-bond donors (Lipinski definition) is 1. The summed E-state index contributed by atoms with van der Waals surface area (Å²) in [7, 11) is 4.94. The third-order valence-corrected chi connectivity index (χ3v) is 6.06. The van der Waals surface area contributed by atoms with Crippen LogP contribution >= 0.6 is 11.3 Å². The lowest BCUT2D eigenvalue weighted by atomic mass is 10.1. The molecule has 1 aromatic carbocycles. The Balaban J connectivity index is 1.42. The summed E-state index contributed by atoms with van der Waals surface area (Å²) in [6, 6.07) is 9.24. The molecule has 0 radical (unpaired) electrons. The van der Waals surface area contributed by atoms with Crippen molar-refractivity contribution in [1.82, 2.24) is 29.9 Å². The highest BCUT2D eigenvalue weighted by atomic mass is 32.1. The van der Waals surface area contributed by atoms with Crippen LogP contribution in [-0.2, 0) is 13.5 Å². The number of aromatic nitrogens is 5. The SMILES string of the molecule is COc1ccc(OC)c(-c2cc(C(=O)NCCc3csc(-n4nc(C)cc4C)n3)n(C)n2)c1. The van der Waals surface area contributed by atoms with Gasteiger partial charge in [0.1, 0.15) is 17.2 Å². The van der Waals surface area contributed by atoms with Gasteiger partial charge < -0.3 is 14.8 Å². The molecular weight excluding hydrogens is 440 g/mol. The fourth-order valence-electron chi connectivity index (χ4n) is 3.55. The van der Waals surface area contributed by atoms with Crippen LogP contribution < -0.4 is 14.8 Å². The number of thiazole rings is 1. The molecule has 33 heavy (non-hydrogen) atoms.